The summed E-state index contributed by atoms with van der Waals surface area (Å²) in [4.78, 5) is 25.2. The quantitative estimate of drug-likeness (QED) is 0.0195. The smallest absolute Gasteiger partial charge is 0.305 e. The molecule has 1 amide bonds. The minimum Gasteiger partial charge on any atom is -0.466 e. The van der Waals surface area contributed by atoms with E-state index in [1.807, 2.05) is 6.08 Å². The molecule has 7 atom stereocenters. The van der Waals surface area contributed by atoms with Gasteiger partial charge in [-0.3, -0.25) is 9.59 Å². The zero-order valence-corrected chi connectivity index (χ0v) is 62.5. The third kappa shape index (κ3) is 60.4. The van der Waals surface area contributed by atoms with Crippen LogP contribution < -0.4 is 5.32 Å². The van der Waals surface area contributed by atoms with Crippen LogP contribution in [0.15, 0.2) is 12.2 Å². The van der Waals surface area contributed by atoms with Crippen molar-refractivity contribution in [1.82, 2.24) is 5.32 Å². The van der Waals surface area contributed by atoms with Crippen LogP contribution in [-0.4, -0.2) is 100 Å². The third-order valence-electron chi connectivity index (χ3n) is 20.4. The highest BCUT2D eigenvalue weighted by molar-refractivity contribution is 5.76. The summed E-state index contributed by atoms with van der Waals surface area (Å²) in [5, 5.41) is 54.6. The van der Waals surface area contributed by atoms with Gasteiger partial charge in [0, 0.05) is 12.8 Å². The molecule has 0 spiro atoms. The number of carbonyl (C=O) groups is 2. The Balaban J connectivity index is 1.87. The molecule has 1 fully saturated rings. The van der Waals surface area contributed by atoms with Gasteiger partial charge in [0.15, 0.2) is 6.29 Å². The molecular weight excluding hydrogens is 1170 g/mol. The number of nitrogens with one attached hydrogen (secondary N) is 1. The molecule has 558 valence electrons. The maximum atomic E-state index is 13.1. The maximum Gasteiger partial charge on any atom is 0.305 e. The number of hydrogen-bond donors (Lipinski definition) is 6. The lowest BCUT2D eigenvalue weighted by atomic mass is 9.99. The monoisotopic (exact) mass is 1330 g/mol. The van der Waals surface area contributed by atoms with Crippen LogP contribution in [0.2, 0.25) is 0 Å². The van der Waals surface area contributed by atoms with Crippen molar-refractivity contribution in [3.05, 3.63) is 12.2 Å². The molecule has 11 nitrogen and oxygen atoms in total. The first-order valence-electron chi connectivity index (χ1n) is 42.0. The van der Waals surface area contributed by atoms with Crippen molar-refractivity contribution in [3.8, 4) is 0 Å². The van der Waals surface area contributed by atoms with Crippen molar-refractivity contribution in [2.45, 2.75) is 487 Å². The van der Waals surface area contributed by atoms with Gasteiger partial charge in [-0.1, -0.05) is 411 Å². The molecule has 94 heavy (non-hydrogen) atoms. The molecule has 0 aliphatic carbocycles. The molecule has 0 aromatic carbocycles. The van der Waals surface area contributed by atoms with E-state index >= 15 is 0 Å². The summed E-state index contributed by atoms with van der Waals surface area (Å²) >= 11 is 0. The number of ether oxygens (including phenoxy) is 3. The Kier molecular flexibility index (Phi) is 69.9. The molecule has 1 aliphatic heterocycles. The topological polar surface area (TPSA) is 175 Å². The van der Waals surface area contributed by atoms with E-state index in [4.69, 9.17) is 14.2 Å². The minimum atomic E-state index is -1.57. The second-order valence-electron chi connectivity index (χ2n) is 29.6. The van der Waals surface area contributed by atoms with Crippen molar-refractivity contribution in [1.29, 1.82) is 0 Å². The average molecular weight is 1330 g/mol. The Morgan fingerprint density at radius 1 is 0.383 bits per heavy atom. The normalized spacial score (nSPS) is 17.4. The molecule has 7 unspecified atom stereocenters. The second kappa shape index (κ2) is 72.6. The summed E-state index contributed by atoms with van der Waals surface area (Å²) in [6.07, 6.45) is 82.6. The predicted octanol–water partition coefficient (Wildman–Crippen LogP) is 22.9. The van der Waals surface area contributed by atoms with Gasteiger partial charge in [-0.2, -0.15) is 0 Å². The summed E-state index contributed by atoms with van der Waals surface area (Å²) < 4.78 is 16.8. The van der Waals surface area contributed by atoms with Gasteiger partial charge >= 0.3 is 5.97 Å². The number of amides is 1. The van der Waals surface area contributed by atoms with Crippen LogP contribution in [0.1, 0.15) is 444 Å². The van der Waals surface area contributed by atoms with E-state index in [1.54, 1.807) is 6.08 Å². The van der Waals surface area contributed by atoms with Crippen LogP contribution in [0.4, 0.5) is 0 Å². The molecular formula is C83H161NO10. The summed E-state index contributed by atoms with van der Waals surface area (Å²) in [5.41, 5.74) is 0. The minimum absolute atomic E-state index is 0.0211. The lowest BCUT2D eigenvalue weighted by Crippen LogP contribution is -2.60. The lowest BCUT2D eigenvalue weighted by molar-refractivity contribution is -0.302. The van der Waals surface area contributed by atoms with Crippen molar-refractivity contribution in [2.75, 3.05) is 19.8 Å². The van der Waals surface area contributed by atoms with Crippen molar-refractivity contribution < 1.29 is 49.3 Å². The molecule has 1 saturated heterocycles. The highest BCUT2D eigenvalue weighted by atomic mass is 16.7. The molecule has 6 N–H and O–H groups in total. The lowest BCUT2D eigenvalue weighted by Gasteiger charge is -2.40. The zero-order valence-electron chi connectivity index (χ0n) is 62.5. The fourth-order valence-corrected chi connectivity index (χ4v) is 13.9. The highest BCUT2D eigenvalue weighted by Gasteiger charge is 2.44. The van der Waals surface area contributed by atoms with E-state index in [9.17, 15) is 35.1 Å². The second-order valence-corrected chi connectivity index (χ2v) is 29.6. The summed E-state index contributed by atoms with van der Waals surface area (Å²) in [6.45, 7) is 4.42. The van der Waals surface area contributed by atoms with Crippen LogP contribution >= 0.6 is 0 Å². The van der Waals surface area contributed by atoms with E-state index in [-0.39, 0.29) is 18.5 Å². The summed E-state index contributed by atoms with van der Waals surface area (Å²) in [6, 6.07) is -0.805. The molecule has 1 heterocycles. The average Bonchev–Trinajstić information content (AvgIpc) is 0.876. The van der Waals surface area contributed by atoms with Crippen LogP contribution in [0.5, 0.6) is 0 Å². The number of allylic oxidation sites excluding steroid dienone is 1. The fraction of sp³-hybridized carbons (Fsp3) is 0.952. The Morgan fingerprint density at radius 3 is 0.989 bits per heavy atom. The first kappa shape index (κ1) is 90.4. The molecule has 11 heteroatoms. The van der Waals surface area contributed by atoms with Crippen molar-refractivity contribution in [3.63, 3.8) is 0 Å². The molecule has 0 radical (unpaired) electrons. The van der Waals surface area contributed by atoms with Crippen LogP contribution in [0, 0.1) is 0 Å². The molecule has 0 bridgehead atoms. The zero-order chi connectivity index (χ0) is 67.9. The molecule has 1 rings (SSSR count). The molecule has 0 saturated carbocycles. The van der Waals surface area contributed by atoms with Gasteiger partial charge in [-0.05, 0) is 32.1 Å². The number of esters is 1. The van der Waals surface area contributed by atoms with Gasteiger partial charge in [-0.15, -0.1) is 0 Å². The first-order chi connectivity index (χ1) is 46.2. The van der Waals surface area contributed by atoms with Gasteiger partial charge in [0.25, 0.3) is 0 Å². The Labute approximate surface area is 582 Å². The predicted molar refractivity (Wildman–Crippen MR) is 398 cm³/mol. The number of aliphatic hydroxyl groups is 5. The largest absolute Gasteiger partial charge is 0.466 e. The van der Waals surface area contributed by atoms with Gasteiger partial charge in [-0.25, -0.2) is 0 Å². The number of unbranched alkanes of at least 4 members (excludes halogenated alkanes) is 62. The number of rotatable bonds is 76. The number of carbonyl (C=O) groups excluding carboxylic acids is 2. The van der Waals surface area contributed by atoms with E-state index in [0.29, 0.717) is 19.4 Å². The SMILES string of the molecule is CCCCCCCCCCCCCC/C=C/C(O)C(COC1OC(CO)C(O)C(O)C1O)NC(=O)CCCCCCCCCCCCCCCCCCCCCCCCCCCCCCCCCCCCCCCCCOC(=O)CCCCCCCCCCCCCCC. The molecule has 0 aromatic rings. The highest BCUT2D eigenvalue weighted by Crippen LogP contribution is 2.24. The Bertz CT molecular complexity index is 1560. The van der Waals surface area contributed by atoms with Crippen molar-refractivity contribution in [2.24, 2.45) is 0 Å². The molecule has 1 aliphatic rings. The van der Waals surface area contributed by atoms with Crippen molar-refractivity contribution >= 4 is 11.9 Å². The third-order valence-corrected chi connectivity index (χ3v) is 20.4. The van der Waals surface area contributed by atoms with Gasteiger partial charge in [0.05, 0.1) is 32.0 Å². The van der Waals surface area contributed by atoms with Crippen LogP contribution in [-0.2, 0) is 23.8 Å². The van der Waals surface area contributed by atoms with Gasteiger partial charge < -0.3 is 45.1 Å². The Morgan fingerprint density at radius 2 is 0.670 bits per heavy atom. The molecule has 0 aromatic heterocycles. The van der Waals surface area contributed by atoms with E-state index in [0.717, 1.165) is 51.4 Å². The standard InChI is InChI=1S/C83H161NO10/c1-3-5-7-9-11-13-15-17-46-49-53-57-61-65-69-76(86)75(74-93-83-82(91)81(90)80(89)77(73-85)94-83)84-78(87)70-66-62-58-54-50-47-43-41-39-37-35-33-31-29-27-25-23-21-19-18-20-22-24-26-28-30-32-34-36-38-40-42-44-48-52-56-60-64-68-72-92-79(88)71-67-63-59-55-51-45-16-14-12-10-8-6-4-2/h65,69,75-77,80-83,85-86,89-91H,3-64,66-68,70-74H2,1-2H3,(H,84,87)/b69-65+. The maximum absolute atomic E-state index is 13.1. The summed E-state index contributed by atoms with van der Waals surface area (Å²) in [5.74, 6) is -0.151. The van der Waals surface area contributed by atoms with E-state index < -0.39 is 49.5 Å². The fourth-order valence-electron chi connectivity index (χ4n) is 13.9. The number of hydrogen-bond acceptors (Lipinski definition) is 10. The summed E-state index contributed by atoms with van der Waals surface area (Å²) in [7, 11) is 0. The van der Waals surface area contributed by atoms with Crippen LogP contribution in [0.25, 0.3) is 0 Å². The van der Waals surface area contributed by atoms with E-state index in [1.165, 1.54) is 366 Å². The van der Waals surface area contributed by atoms with Gasteiger partial charge in [0.1, 0.15) is 24.4 Å². The van der Waals surface area contributed by atoms with Crippen LogP contribution in [0.3, 0.4) is 0 Å². The first-order valence-corrected chi connectivity index (χ1v) is 42.0. The van der Waals surface area contributed by atoms with E-state index in [2.05, 4.69) is 19.2 Å². The van der Waals surface area contributed by atoms with Gasteiger partial charge in [0.2, 0.25) is 5.91 Å². The Hall–Kier alpha value is -1.60. The number of aliphatic hydroxyl groups excluding tert-OH is 5.